The van der Waals surface area contributed by atoms with E-state index in [-0.39, 0.29) is 17.6 Å². The van der Waals surface area contributed by atoms with Crippen molar-refractivity contribution in [3.63, 3.8) is 0 Å². The van der Waals surface area contributed by atoms with Crippen molar-refractivity contribution in [3.05, 3.63) is 63.7 Å². The van der Waals surface area contributed by atoms with Crippen LogP contribution in [0.4, 0.5) is 11.4 Å². The predicted octanol–water partition coefficient (Wildman–Crippen LogP) is 2.95. The van der Waals surface area contributed by atoms with Crippen molar-refractivity contribution >= 4 is 38.8 Å². The van der Waals surface area contributed by atoms with Crippen LogP contribution in [-0.4, -0.2) is 28.9 Å². The summed E-state index contributed by atoms with van der Waals surface area (Å²) in [4.78, 5) is 28.9. The van der Waals surface area contributed by atoms with E-state index in [1.54, 1.807) is 23.5 Å². The Balaban J connectivity index is 1.45. The molecule has 3 aromatic rings. The van der Waals surface area contributed by atoms with Crippen LogP contribution in [0.2, 0.25) is 0 Å². The molecule has 2 atom stereocenters. The SMILES string of the molecule is O=C(C[NH+]1CCCC[C@@H]1c1nc2ccccc2s1)Nc1ccc([N+](=O)[O-])cc1. The zero-order valence-electron chi connectivity index (χ0n) is 15.3. The standard InChI is InChI=1S/C20H20N4O3S/c25-19(21-14-8-10-15(11-9-14)24(26)27)13-23-12-4-3-6-17(23)20-22-16-5-1-2-7-18(16)28-20/h1-2,5,7-11,17H,3-4,6,12-13H2,(H,21,25)/p+1/t17-/m1/s1. The molecule has 4 rings (SSSR count). The number of nitro benzene ring substituents is 1. The van der Waals surface area contributed by atoms with Gasteiger partial charge in [-0.05, 0) is 37.1 Å². The minimum Gasteiger partial charge on any atom is -0.321 e. The van der Waals surface area contributed by atoms with E-state index >= 15 is 0 Å². The highest BCUT2D eigenvalue weighted by Gasteiger charge is 2.31. The first-order valence-corrected chi connectivity index (χ1v) is 10.2. The maximum absolute atomic E-state index is 12.6. The monoisotopic (exact) mass is 397 g/mol. The van der Waals surface area contributed by atoms with Gasteiger partial charge in [0.05, 0.1) is 21.7 Å². The molecule has 2 N–H and O–H groups in total. The summed E-state index contributed by atoms with van der Waals surface area (Å²) < 4.78 is 1.18. The molecule has 28 heavy (non-hydrogen) atoms. The number of piperidine rings is 1. The molecule has 1 aliphatic rings. The summed E-state index contributed by atoms with van der Waals surface area (Å²) in [6.45, 7) is 1.30. The molecule has 0 spiro atoms. The van der Waals surface area contributed by atoms with Crippen molar-refractivity contribution in [3.8, 4) is 0 Å². The van der Waals surface area contributed by atoms with Gasteiger partial charge in [-0.15, -0.1) is 11.3 Å². The zero-order chi connectivity index (χ0) is 19.5. The first-order chi connectivity index (χ1) is 13.6. The van der Waals surface area contributed by atoms with E-state index in [2.05, 4.69) is 11.4 Å². The van der Waals surface area contributed by atoms with Gasteiger partial charge in [0.2, 0.25) is 0 Å². The van der Waals surface area contributed by atoms with Crippen LogP contribution in [0.3, 0.4) is 0 Å². The van der Waals surface area contributed by atoms with Crippen LogP contribution in [0.15, 0.2) is 48.5 Å². The van der Waals surface area contributed by atoms with Crippen molar-refractivity contribution < 1.29 is 14.6 Å². The molecule has 1 aliphatic heterocycles. The van der Waals surface area contributed by atoms with Gasteiger partial charge < -0.3 is 10.2 Å². The van der Waals surface area contributed by atoms with Gasteiger partial charge in [0.25, 0.3) is 11.6 Å². The fourth-order valence-corrected chi connectivity index (χ4v) is 4.87. The third-order valence-corrected chi connectivity index (χ3v) is 6.24. The van der Waals surface area contributed by atoms with Crippen LogP contribution in [0, 0.1) is 10.1 Å². The molecule has 1 aromatic heterocycles. The van der Waals surface area contributed by atoms with E-state index in [0.717, 1.165) is 36.3 Å². The van der Waals surface area contributed by atoms with Crippen molar-refractivity contribution in [1.29, 1.82) is 0 Å². The molecular formula is C20H21N4O3S+. The smallest absolute Gasteiger partial charge is 0.279 e. The Morgan fingerprint density at radius 1 is 1.21 bits per heavy atom. The number of hydrogen-bond donors (Lipinski definition) is 2. The summed E-state index contributed by atoms with van der Waals surface area (Å²) >= 11 is 1.72. The lowest BCUT2D eigenvalue weighted by atomic mass is 10.0. The number of amides is 1. The predicted molar refractivity (Wildman–Crippen MR) is 109 cm³/mol. The van der Waals surface area contributed by atoms with Gasteiger partial charge in [-0.2, -0.15) is 0 Å². The lowest BCUT2D eigenvalue weighted by Gasteiger charge is -2.30. The molecule has 1 saturated heterocycles. The number of para-hydroxylation sites is 1. The molecule has 2 heterocycles. The highest BCUT2D eigenvalue weighted by Crippen LogP contribution is 2.28. The van der Waals surface area contributed by atoms with Gasteiger partial charge in [-0.1, -0.05) is 12.1 Å². The van der Waals surface area contributed by atoms with Gasteiger partial charge in [-0.3, -0.25) is 14.9 Å². The number of hydrogen-bond acceptors (Lipinski definition) is 5. The number of aromatic nitrogens is 1. The number of carbonyl (C=O) groups excluding carboxylic acids is 1. The van der Waals surface area contributed by atoms with Crippen molar-refractivity contribution in [1.82, 2.24) is 4.98 Å². The Morgan fingerprint density at radius 2 is 2.00 bits per heavy atom. The Morgan fingerprint density at radius 3 is 2.75 bits per heavy atom. The molecular weight excluding hydrogens is 376 g/mol. The van der Waals surface area contributed by atoms with E-state index in [1.165, 1.54) is 21.7 Å². The second-order valence-electron chi connectivity index (χ2n) is 7.01. The van der Waals surface area contributed by atoms with E-state index in [4.69, 9.17) is 4.98 Å². The molecule has 8 heteroatoms. The number of non-ortho nitro benzene ring substituents is 1. The van der Waals surface area contributed by atoms with E-state index in [0.29, 0.717) is 12.2 Å². The molecule has 7 nitrogen and oxygen atoms in total. The second kappa shape index (κ2) is 8.04. The summed E-state index contributed by atoms with van der Waals surface area (Å²) in [5.74, 6) is -0.0862. The minimum absolute atomic E-state index is 0.00977. The van der Waals surface area contributed by atoms with Gasteiger partial charge in [0, 0.05) is 24.2 Å². The number of nitrogens with zero attached hydrogens (tertiary/aromatic N) is 2. The average Bonchev–Trinajstić information content (AvgIpc) is 3.12. The third kappa shape index (κ3) is 4.02. The van der Waals surface area contributed by atoms with E-state index < -0.39 is 4.92 Å². The topological polar surface area (TPSA) is 89.6 Å². The number of nitrogens with one attached hydrogen (secondary N) is 2. The maximum atomic E-state index is 12.6. The van der Waals surface area contributed by atoms with Crippen LogP contribution in [-0.2, 0) is 4.79 Å². The maximum Gasteiger partial charge on any atom is 0.279 e. The Bertz CT molecular complexity index is 969. The Kier molecular flexibility index (Phi) is 5.31. The molecule has 0 aliphatic carbocycles. The van der Waals surface area contributed by atoms with Crippen LogP contribution < -0.4 is 10.2 Å². The van der Waals surface area contributed by atoms with Gasteiger partial charge >= 0.3 is 0 Å². The molecule has 2 aromatic carbocycles. The molecule has 1 fully saturated rings. The summed E-state index contributed by atoms with van der Waals surface area (Å²) in [7, 11) is 0. The van der Waals surface area contributed by atoms with E-state index in [1.807, 2.05) is 18.2 Å². The molecule has 0 radical (unpaired) electrons. The molecule has 0 bridgehead atoms. The number of fused-ring (bicyclic) bond motifs is 1. The quantitative estimate of drug-likeness (QED) is 0.512. The van der Waals surface area contributed by atoms with Gasteiger partial charge in [0.15, 0.2) is 11.6 Å². The first kappa shape index (κ1) is 18.5. The number of rotatable bonds is 5. The second-order valence-corrected chi connectivity index (χ2v) is 8.07. The summed E-state index contributed by atoms with van der Waals surface area (Å²) in [6, 6.07) is 14.3. The molecule has 1 amide bonds. The summed E-state index contributed by atoms with van der Waals surface area (Å²) in [5.41, 5.74) is 1.60. The first-order valence-electron chi connectivity index (χ1n) is 9.34. The highest BCUT2D eigenvalue weighted by molar-refractivity contribution is 7.18. The Labute approximate surface area is 166 Å². The largest absolute Gasteiger partial charge is 0.321 e. The van der Waals surface area contributed by atoms with Gasteiger partial charge in [0.1, 0.15) is 6.04 Å². The van der Waals surface area contributed by atoms with E-state index in [9.17, 15) is 14.9 Å². The Hall–Kier alpha value is -2.84. The highest BCUT2D eigenvalue weighted by atomic mass is 32.1. The van der Waals surface area contributed by atoms with Crippen LogP contribution in [0.25, 0.3) is 10.2 Å². The van der Waals surface area contributed by atoms with Crippen LogP contribution in [0.1, 0.15) is 30.3 Å². The summed E-state index contributed by atoms with van der Waals surface area (Å²) in [6.07, 6.45) is 3.27. The lowest BCUT2D eigenvalue weighted by Crippen LogP contribution is -3.14. The minimum atomic E-state index is -0.452. The van der Waals surface area contributed by atoms with Crippen molar-refractivity contribution in [2.75, 3.05) is 18.4 Å². The van der Waals surface area contributed by atoms with Crippen molar-refractivity contribution in [2.24, 2.45) is 0 Å². The number of anilines is 1. The average molecular weight is 397 g/mol. The number of likely N-dealkylation sites (tertiary alicyclic amines) is 1. The summed E-state index contributed by atoms with van der Waals surface area (Å²) in [5, 5.41) is 14.7. The van der Waals surface area contributed by atoms with Gasteiger partial charge in [-0.25, -0.2) is 4.98 Å². The number of thiazole rings is 1. The number of carbonyl (C=O) groups is 1. The molecule has 1 unspecified atom stereocenters. The fourth-order valence-electron chi connectivity index (χ4n) is 3.71. The van der Waals surface area contributed by atoms with Crippen molar-refractivity contribution in [2.45, 2.75) is 25.3 Å². The normalized spacial score (nSPS) is 19.4. The van der Waals surface area contributed by atoms with Crippen LogP contribution in [0.5, 0.6) is 0 Å². The molecule has 144 valence electrons. The number of benzene rings is 2. The fraction of sp³-hybridized carbons (Fsp3) is 0.300. The third-order valence-electron chi connectivity index (χ3n) is 5.09. The number of quaternary nitrogens is 1. The zero-order valence-corrected chi connectivity index (χ0v) is 16.1. The van der Waals surface area contributed by atoms with Crippen LogP contribution >= 0.6 is 11.3 Å². The number of nitro groups is 1. The molecule has 0 saturated carbocycles. The lowest BCUT2D eigenvalue weighted by molar-refractivity contribution is -0.929.